The molecule has 0 atom stereocenters. The van der Waals surface area contributed by atoms with Crippen LogP contribution < -0.4 is 5.32 Å². The monoisotopic (exact) mass is 307 g/mol. The van der Waals surface area contributed by atoms with Gasteiger partial charge in [-0.05, 0) is 27.6 Å². The summed E-state index contributed by atoms with van der Waals surface area (Å²) in [5.41, 5.74) is 1.62. The molecule has 0 saturated carbocycles. The van der Waals surface area contributed by atoms with E-state index in [4.69, 9.17) is 0 Å². The van der Waals surface area contributed by atoms with Gasteiger partial charge in [-0.3, -0.25) is 4.79 Å². The molecule has 114 valence electrons. The van der Waals surface area contributed by atoms with Crippen molar-refractivity contribution < 1.29 is 9.72 Å². The van der Waals surface area contributed by atoms with Crippen molar-refractivity contribution in [1.29, 1.82) is 0 Å². The SMILES string of the molecule is O=C(NCc1ccccc1)c1cc([N+](=O)[O-])nc2ccccc12. The van der Waals surface area contributed by atoms with Gasteiger partial charge in [0, 0.05) is 18.0 Å². The highest BCUT2D eigenvalue weighted by atomic mass is 16.6. The average molecular weight is 307 g/mol. The summed E-state index contributed by atoms with van der Waals surface area (Å²) in [6.45, 7) is 0.351. The van der Waals surface area contributed by atoms with E-state index in [1.165, 1.54) is 6.07 Å². The van der Waals surface area contributed by atoms with Gasteiger partial charge in [-0.15, -0.1) is 0 Å². The van der Waals surface area contributed by atoms with Crippen molar-refractivity contribution in [3.05, 3.63) is 81.9 Å². The van der Waals surface area contributed by atoms with Crippen molar-refractivity contribution in [3.63, 3.8) is 0 Å². The fourth-order valence-electron chi connectivity index (χ4n) is 2.32. The quantitative estimate of drug-likeness (QED) is 0.593. The Hall–Kier alpha value is -3.28. The zero-order chi connectivity index (χ0) is 16.2. The summed E-state index contributed by atoms with van der Waals surface area (Å²) in [5, 5.41) is 14.4. The molecule has 6 heteroatoms. The molecule has 1 heterocycles. The summed E-state index contributed by atoms with van der Waals surface area (Å²) < 4.78 is 0. The Bertz CT molecular complexity index is 879. The predicted octanol–water partition coefficient (Wildman–Crippen LogP) is 3.07. The number of nitrogens with one attached hydrogen (secondary N) is 1. The summed E-state index contributed by atoms with van der Waals surface area (Å²) in [7, 11) is 0. The third kappa shape index (κ3) is 3.16. The van der Waals surface area contributed by atoms with Crippen LogP contribution in [-0.4, -0.2) is 15.8 Å². The standard InChI is InChI=1S/C17H13N3O3/c21-17(18-11-12-6-2-1-3-7-12)14-10-16(20(22)23)19-15-9-5-4-8-13(14)15/h1-10H,11H2,(H,18,21). The van der Waals surface area contributed by atoms with Gasteiger partial charge in [-0.25, -0.2) is 0 Å². The second-order valence-corrected chi connectivity index (χ2v) is 4.97. The van der Waals surface area contributed by atoms with Gasteiger partial charge in [0.25, 0.3) is 5.91 Å². The number of rotatable bonds is 4. The highest BCUT2D eigenvalue weighted by molar-refractivity contribution is 6.06. The zero-order valence-corrected chi connectivity index (χ0v) is 12.1. The number of carbonyl (C=O) groups excluding carboxylic acids is 1. The fourth-order valence-corrected chi connectivity index (χ4v) is 2.32. The first-order chi connectivity index (χ1) is 11.1. The Balaban J connectivity index is 1.94. The average Bonchev–Trinajstić information content (AvgIpc) is 2.59. The van der Waals surface area contributed by atoms with Gasteiger partial charge >= 0.3 is 5.82 Å². The summed E-state index contributed by atoms with van der Waals surface area (Å²) in [6, 6.07) is 17.5. The predicted molar refractivity (Wildman–Crippen MR) is 86.0 cm³/mol. The maximum absolute atomic E-state index is 12.4. The van der Waals surface area contributed by atoms with Crippen LogP contribution in [0.15, 0.2) is 60.7 Å². The number of nitrogens with zero attached hydrogens (tertiary/aromatic N) is 2. The zero-order valence-electron chi connectivity index (χ0n) is 12.1. The first-order valence-corrected chi connectivity index (χ1v) is 7.01. The summed E-state index contributed by atoms with van der Waals surface area (Å²) in [6.07, 6.45) is 0. The van der Waals surface area contributed by atoms with Crippen LogP contribution in [-0.2, 0) is 6.54 Å². The molecule has 1 aromatic heterocycles. The molecule has 23 heavy (non-hydrogen) atoms. The van der Waals surface area contributed by atoms with E-state index in [9.17, 15) is 14.9 Å². The Labute approximate surface area is 131 Å². The van der Waals surface area contributed by atoms with Crippen molar-refractivity contribution >= 4 is 22.6 Å². The molecule has 0 bridgehead atoms. The molecule has 0 radical (unpaired) electrons. The van der Waals surface area contributed by atoms with E-state index >= 15 is 0 Å². The number of fused-ring (bicyclic) bond motifs is 1. The van der Waals surface area contributed by atoms with E-state index in [1.807, 2.05) is 30.3 Å². The number of carbonyl (C=O) groups is 1. The van der Waals surface area contributed by atoms with E-state index in [1.54, 1.807) is 24.3 Å². The van der Waals surface area contributed by atoms with Gasteiger partial charge < -0.3 is 15.4 Å². The lowest BCUT2D eigenvalue weighted by Crippen LogP contribution is -2.23. The summed E-state index contributed by atoms with van der Waals surface area (Å²) in [4.78, 5) is 26.8. The van der Waals surface area contributed by atoms with Crippen molar-refractivity contribution in [2.45, 2.75) is 6.54 Å². The summed E-state index contributed by atoms with van der Waals surface area (Å²) >= 11 is 0. The fraction of sp³-hybridized carbons (Fsp3) is 0.0588. The molecule has 0 saturated heterocycles. The van der Waals surface area contributed by atoms with Gasteiger partial charge in [0.2, 0.25) is 0 Å². The van der Waals surface area contributed by atoms with Gasteiger partial charge in [0.15, 0.2) is 5.52 Å². The minimum Gasteiger partial charge on any atom is -0.358 e. The third-order valence-electron chi connectivity index (χ3n) is 3.43. The number of hydrogen-bond acceptors (Lipinski definition) is 4. The number of hydrogen-bond donors (Lipinski definition) is 1. The maximum Gasteiger partial charge on any atom is 0.364 e. The molecule has 1 amide bonds. The van der Waals surface area contributed by atoms with E-state index < -0.39 is 4.92 Å². The number of aromatic nitrogens is 1. The molecule has 0 aliphatic carbocycles. The van der Waals surface area contributed by atoms with Crippen molar-refractivity contribution in [3.8, 4) is 0 Å². The van der Waals surface area contributed by atoms with Crippen LogP contribution in [0.2, 0.25) is 0 Å². The third-order valence-corrected chi connectivity index (χ3v) is 3.43. The molecule has 3 rings (SSSR count). The highest BCUT2D eigenvalue weighted by Crippen LogP contribution is 2.22. The van der Waals surface area contributed by atoms with Crippen LogP contribution in [0.3, 0.4) is 0 Å². The molecular formula is C17H13N3O3. The van der Waals surface area contributed by atoms with Crippen LogP contribution in [0.25, 0.3) is 10.9 Å². The first kappa shape index (κ1) is 14.6. The largest absolute Gasteiger partial charge is 0.364 e. The van der Waals surface area contributed by atoms with E-state index in [-0.39, 0.29) is 17.3 Å². The number of nitro groups is 1. The number of amides is 1. The van der Waals surface area contributed by atoms with Crippen molar-refractivity contribution in [2.24, 2.45) is 0 Å². The molecule has 0 unspecified atom stereocenters. The van der Waals surface area contributed by atoms with Gasteiger partial charge in [-0.1, -0.05) is 42.5 Å². The normalized spacial score (nSPS) is 10.4. The number of pyridine rings is 1. The van der Waals surface area contributed by atoms with Crippen molar-refractivity contribution in [2.75, 3.05) is 0 Å². The molecule has 2 aromatic carbocycles. The highest BCUT2D eigenvalue weighted by Gasteiger charge is 2.18. The van der Waals surface area contributed by atoms with E-state index in [0.717, 1.165) is 5.56 Å². The van der Waals surface area contributed by atoms with Crippen molar-refractivity contribution in [1.82, 2.24) is 10.3 Å². The van der Waals surface area contributed by atoms with Crippen LogP contribution in [0.4, 0.5) is 5.82 Å². The minimum atomic E-state index is -0.597. The molecule has 0 fully saturated rings. The van der Waals surface area contributed by atoms with Crippen LogP contribution in [0.5, 0.6) is 0 Å². The number of benzene rings is 2. The van der Waals surface area contributed by atoms with Gasteiger partial charge in [0.1, 0.15) is 0 Å². The molecule has 3 aromatic rings. The Morgan fingerprint density at radius 3 is 2.52 bits per heavy atom. The number of para-hydroxylation sites is 1. The first-order valence-electron chi connectivity index (χ1n) is 7.01. The Kier molecular flexibility index (Phi) is 3.97. The topological polar surface area (TPSA) is 85.1 Å². The molecular weight excluding hydrogens is 294 g/mol. The lowest BCUT2D eigenvalue weighted by molar-refractivity contribution is -0.389. The molecule has 0 spiro atoms. The Morgan fingerprint density at radius 1 is 1.09 bits per heavy atom. The second-order valence-electron chi connectivity index (χ2n) is 4.97. The summed E-state index contributed by atoms with van der Waals surface area (Å²) in [5.74, 6) is -0.705. The molecule has 0 aliphatic rings. The van der Waals surface area contributed by atoms with Crippen LogP contribution >= 0.6 is 0 Å². The van der Waals surface area contributed by atoms with Crippen LogP contribution in [0, 0.1) is 10.1 Å². The smallest absolute Gasteiger partial charge is 0.358 e. The maximum atomic E-state index is 12.4. The van der Waals surface area contributed by atoms with E-state index in [2.05, 4.69) is 10.3 Å². The second kappa shape index (κ2) is 6.23. The molecule has 0 aliphatic heterocycles. The molecule has 6 nitrogen and oxygen atoms in total. The lowest BCUT2D eigenvalue weighted by atomic mass is 10.1. The van der Waals surface area contributed by atoms with Gasteiger partial charge in [0.05, 0.1) is 5.56 Å². The lowest BCUT2D eigenvalue weighted by Gasteiger charge is -2.07. The molecule has 1 N–H and O–H groups in total. The van der Waals surface area contributed by atoms with Gasteiger partial charge in [-0.2, -0.15) is 0 Å². The minimum absolute atomic E-state index is 0.248. The Morgan fingerprint density at radius 2 is 1.78 bits per heavy atom. The van der Waals surface area contributed by atoms with Crippen LogP contribution in [0.1, 0.15) is 15.9 Å². The van der Waals surface area contributed by atoms with E-state index in [0.29, 0.717) is 17.4 Å².